The molecule has 0 aromatic carbocycles. The van der Waals surface area contributed by atoms with Crippen LogP contribution >= 0.6 is 11.3 Å². The van der Waals surface area contributed by atoms with Crippen molar-refractivity contribution in [1.82, 2.24) is 4.98 Å². The smallest absolute Gasteiger partial charge is 0.326 e. The molecule has 1 aromatic heterocycles. The largest absolute Gasteiger partial charge is 0.480 e. The van der Waals surface area contributed by atoms with Gasteiger partial charge in [0.2, 0.25) is 0 Å². The monoisotopic (exact) mass is 297 g/mol. The molecule has 1 fully saturated rings. The van der Waals surface area contributed by atoms with Crippen LogP contribution in [0.25, 0.3) is 0 Å². The van der Waals surface area contributed by atoms with E-state index in [4.69, 9.17) is 10.8 Å². The predicted molar refractivity (Wildman–Crippen MR) is 81.1 cm³/mol. The van der Waals surface area contributed by atoms with E-state index >= 15 is 0 Å². The second-order valence-electron chi connectivity index (χ2n) is 5.79. The van der Waals surface area contributed by atoms with E-state index in [0.29, 0.717) is 5.69 Å². The normalized spacial score (nSPS) is 21.8. The zero-order valence-electron chi connectivity index (χ0n) is 12.1. The summed E-state index contributed by atoms with van der Waals surface area (Å²) in [6, 6.07) is -1.02. The van der Waals surface area contributed by atoms with Crippen molar-refractivity contribution >= 4 is 22.4 Å². The number of hydrogen-bond donors (Lipinski definition) is 2. The Hall–Kier alpha value is -1.14. The molecule has 1 saturated heterocycles. The number of carboxylic acid groups (broad SMARTS) is 1. The Bertz CT molecular complexity index is 461. The molecule has 2 atom stereocenters. The van der Waals surface area contributed by atoms with Gasteiger partial charge in [-0.15, -0.1) is 11.3 Å². The van der Waals surface area contributed by atoms with Crippen LogP contribution in [-0.4, -0.2) is 29.1 Å². The third-order valence-electron chi connectivity index (χ3n) is 4.08. The van der Waals surface area contributed by atoms with Crippen molar-refractivity contribution in [3.8, 4) is 0 Å². The summed E-state index contributed by atoms with van der Waals surface area (Å²) in [5.41, 5.74) is 6.06. The number of aromatic nitrogens is 1. The molecule has 3 N–H and O–H groups in total. The van der Waals surface area contributed by atoms with Crippen molar-refractivity contribution in [2.45, 2.75) is 39.2 Å². The van der Waals surface area contributed by atoms with E-state index in [1.54, 1.807) is 5.38 Å². The Morgan fingerprint density at radius 1 is 1.50 bits per heavy atom. The van der Waals surface area contributed by atoms with Gasteiger partial charge in [-0.3, -0.25) is 4.79 Å². The van der Waals surface area contributed by atoms with Crippen LogP contribution in [0.15, 0.2) is 5.38 Å². The number of nitrogens with zero attached hydrogens (tertiary/aromatic N) is 2. The van der Waals surface area contributed by atoms with E-state index in [1.165, 1.54) is 30.6 Å². The van der Waals surface area contributed by atoms with Crippen molar-refractivity contribution in [1.29, 1.82) is 0 Å². The maximum Gasteiger partial charge on any atom is 0.326 e. The molecule has 2 heterocycles. The molecule has 0 spiro atoms. The minimum atomic E-state index is -1.03. The van der Waals surface area contributed by atoms with Gasteiger partial charge in [0.25, 0.3) is 0 Å². The second-order valence-corrected chi connectivity index (χ2v) is 6.63. The van der Waals surface area contributed by atoms with Crippen LogP contribution in [-0.2, 0) is 4.79 Å². The Balaban J connectivity index is 2.03. The van der Waals surface area contributed by atoms with Crippen molar-refractivity contribution in [3.63, 3.8) is 0 Å². The molecule has 6 heteroatoms. The molecule has 0 saturated carbocycles. The van der Waals surface area contributed by atoms with E-state index in [0.717, 1.165) is 30.1 Å². The van der Waals surface area contributed by atoms with E-state index < -0.39 is 12.0 Å². The van der Waals surface area contributed by atoms with Gasteiger partial charge in [-0.1, -0.05) is 13.8 Å². The van der Waals surface area contributed by atoms with Gasteiger partial charge in [-0.25, -0.2) is 4.98 Å². The summed E-state index contributed by atoms with van der Waals surface area (Å²) in [7, 11) is 0. The fourth-order valence-electron chi connectivity index (χ4n) is 2.67. The Morgan fingerprint density at radius 2 is 2.25 bits per heavy atom. The van der Waals surface area contributed by atoms with Crippen LogP contribution in [0.1, 0.15) is 44.8 Å². The number of carboxylic acids is 1. The van der Waals surface area contributed by atoms with Gasteiger partial charge in [0.05, 0.1) is 5.69 Å². The molecule has 1 aromatic rings. The van der Waals surface area contributed by atoms with E-state index in [2.05, 4.69) is 23.7 Å². The van der Waals surface area contributed by atoms with Crippen LogP contribution in [0.2, 0.25) is 0 Å². The predicted octanol–water partition coefficient (Wildman–Crippen LogP) is 2.49. The Labute approximate surface area is 123 Å². The van der Waals surface area contributed by atoms with E-state index in [9.17, 15) is 4.79 Å². The number of anilines is 1. The fraction of sp³-hybridized carbons (Fsp3) is 0.714. The van der Waals surface area contributed by atoms with Crippen molar-refractivity contribution in [2.75, 3.05) is 18.0 Å². The SMILES string of the molecule is CC(C)C1CCCN(c2nc(C(N)C(=O)O)cs2)CC1. The first-order chi connectivity index (χ1) is 9.49. The average molecular weight is 297 g/mol. The lowest BCUT2D eigenvalue weighted by Crippen LogP contribution is -2.25. The first kappa shape index (κ1) is 15.3. The third kappa shape index (κ3) is 3.49. The lowest BCUT2D eigenvalue weighted by atomic mass is 9.89. The Morgan fingerprint density at radius 3 is 2.90 bits per heavy atom. The molecule has 1 aliphatic rings. The van der Waals surface area contributed by atoms with Crippen molar-refractivity contribution in [2.24, 2.45) is 17.6 Å². The molecule has 1 aliphatic heterocycles. The first-order valence-corrected chi connectivity index (χ1v) is 8.05. The first-order valence-electron chi connectivity index (χ1n) is 7.17. The number of thiazole rings is 1. The molecule has 0 amide bonds. The molecule has 2 rings (SSSR count). The summed E-state index contributed by atoms with van der Waals surface area (Å²) in [5, 5.41) is 11.6. The highest BCUT2D eigenvalue weighted by Gasteiger charge is 2.23. The van der Waals surface area contributed by atoms with Gasteiger partial charge < -0.3 is 15.7 Å². The van der Waals surface area contributed by atoms with Crippen LogP contribution in [0, 0.1) is 11.8 Å². The quantitative estimate of drug-likeness (QED) is 0.892. The standard InChI is InChI=1S/C14H23N3O2S/c1-9(2)10-4-3-6-17(7-5-10)14-16-11(8-20-14)12(15)13(18)19/h8-10,12H,3-7,15H2,1-2H3,(H,18,19). The summed E-state index contributed by atoms with van der Waals surface area (Å²) in [6.45, 7) is 6.57. The lowest BCUT2D eigenvalue weighted by Gasteiger charge is -2.20. The van der Waals surface area contributed by atoms with Gasteiger partial charge in [0.1, 0.15) is 6.04 Å². The summed E-state index contributed by atoms with van der Waals surface area (Å²) in [4.78, 5) is 17.6. The number of carbonyl (C=O) groups is 1. The second kappa shape index (κ2) is 6.54. The molecular formula is C14H23N3O2S. The highest BCUT2D eigenvalue weighted by atomic mass is 32.1. The summed E-state index contributed by atoms with van der Waals surface area (Å²) in [5.74, 6) is 0.473. The van der Waals surface area contributed by atoms with Gasteiger partial charge in [0.15, 0.2) is 5.13 Å². The third-order valence-corrected chi connectivity index (χ3v) is 5.00. The maximum atomic E-state index is 10.9. The molecule has 5 nitrogen and oxygen atoms in total. The highest BCUT2D eigenvalue weighted by molar-refractivity contribution is 7.13. The minimum absolute atomic E-state index is 0.460. The molecule has 0 bridgehead atoms. The zero-order chi connectivity index (χ0) is 14.7. The van der Waals surface area contributed by atoms with Crippen LogP contribution < -0.4 is 10.6 Å². The van der Waals surface area contributed by atoms with Crippen molar-refractivity contribution < 1.29 is 9.90 Å². The maximum absolute atomic E-state index is 10.9. The van der Waals surface area contributed by atoms with E-state index in [-0.39, 0.29) is 0 Å². The van der Waals surface area contributed by atoms with Gasteiger partial charge in [0, 0.05) is 18.5 Å². The van der Waals surface area contributed by atoms with Gasteiger partial charge >= 0.3 is 5.97 Å². The molecular weight excluding hydrogens is 274 g/mol. The summed E-state index contributed by atoms with van der Waals surface area (Å²) < 4.78 is 0. The van der Waals surface area contributed by atoms with Crippen LogP contribution in [0.5, 0.6) is 0 Å². The fourth-order valence-corrected chi connectivity index (χ4v) is 3.59. The minimum Gasteiger partial charge on any atom is -0.480 e. The highest BCUT2D eigenvalue weighted by Crippen LogP contribution is 2.29. The number of aliphatic carboxylic acids is 1. The molecule has 0 radical (unpaired) electrons. The average Bonchev–Trinajstić information content (AvgIpc) is 2.75. The van der Waals surface area contributed by atoms with Crippen molar-refractivity contribution in [3.05, 3.63) is 11.1 Å². The molecule has 0 aliphatic carbocycles. The molecule has 20 heavy (non-hydrogen) atoms. The summed E-state index contributed by atoms with van der Waals surface area (Å²) >= 11 is 1.49. The van der Waals surface area contributed by atoms with E-state index in [1.807, 2.05) is 0 Å². The van der Waals surface area contributed by atoms with Gasteiger partial charge in [-0.2, -0.15) is 0 Å². The number of hydrogen-bond acceptors (Lipinski definition) is 5. The lowest BCUT2D eigenvalue weighted by molar-refractivity contribution is -0.138. The van der Waals surface area contributed by atoms with Crippen LogP contribution in [0.4, 0.5) is 5.13 Å². The van der Waals surface area contributed by atoms with Gasteiger partial charge in [-0.05, 0) is 31.1 Å². The number of nitrogens with two attached hydrogens (primary N) is 1. The topological polar surface area (TPSA) is 79.5 Å². The Kier molecular flexibility index (Phi) is 4.99. The molecule has 112 valence electrons. The number of rotatable bonds is 4. The summed E-state index contributed by atoms with van der Waals surface area (Å²) in [6.07, 6.45) is 3.61. The molecule has 2 unspecified atom stereocenters. The zero-order valence-corrected chi connectivity index (χ0v) is 12.9. The van der Waals surface area contributed by atoms with Crippen LogP contribution in [0.3, 0.4) is 0 Å².